The topological polar surface area (TPSA) is 101 Å². The van der Waals surface area contributed by atoms with E-state index in [-0.39, 0.29) is 35.9 Å². The van der Waals surface area contributed by atoms with Crippen LogP contribution >= 0.6 is 0 Å². The maximum Gasteiger partial charge on any atom is 0.410 e. The summed E-state index contributed by atoms with van der Waals surface area (Å²) >= 11 is 0. The molecule has 1 aromatic rings. The van der Waals surface area contributed by atoms with Crippen LogP contribution in [0.25, 0.3) is 0 Å². The molecule has 0 aromatic heterocycles. The van der Waals surface area contributed by atoms with E-state index in [1.807, 2.05) is 5.01 Å². The molecule has 4 N–H and O–H groups in total. The number of halogens is 3. The van der Waals surface area contributed by atoms with Gasteiger partial charge in [-0.3, -0.25) is 10.1 Å². The standard InChI is InChI=1S/C24H31F3N6O2/c25-24(26,27)23(9-1-2-10-30-23)16-3-5-17(6-4-16)31-21-20-18(7-11-29-22(20)34)33(32-21)19-14-35-12-8-15(19)13-28/h3-6,15,18-21,30-32H,1-2,7-12,14H2,(H,29,34)/t15-,18?,19+,20?,21?,23?/m1/s1. The van der Waals surface area contributed by atoms with Crippen LogP contribution in [0.5, 0.6) is 0 Å². The first-order valence-electron chi connectivity index (χ1n) is 12.3. The van der Waals surface area contributed by atoms with Crippen molar-refractivity contribution in [1.82, 2.24) is 21.1 Å². The number of rotatable bonds is 4. The van der Waals surface area contributed by atoms with E-state index >= 15 is 0 Å². The number of hydrogen-bond donors (Lipinski definition) is 4. The van der Waals surface area contributed by atoms with Gasteiger partial charge >= 0.3 is 6.18 Å². The molecule has 5 rings (SSSR count). The zero-order valence-electron chi connectivity index (χ0n) is 19.4. The van der Waals surface area contributed by atoms with E-state index in [1.165, 1.54) is 12.1 Å². The number of anilines is 1. The van der Waals surface area contributed by atoms with Gasteiger partial charge in [0.25, 0.3) is 0 Å². The Labute approximate surface area is 202 Å². The average Bonchev–Trinajstić information content (AvgIpc) is 3.23. The van der Waals surface area contributed by atoms with Crippen molar-refractivity contribution in [2.45, 2.75) is 62.1 Å². The number of hydrazine groups is 1. The van der Waals surface area contributed by atoms with Crippen LogP contribution in [-0.4, -0.2) is 61.6 Å². The van der Waals surface area contributed by atoms with Crippen LogP contribution in [0.2, 0.25) is 0 Å². The van der Waals surface area contributed by atoms with Gasteiger partial charge in [-0.25, -0.2) is 10.4 Å². The number of nitrogens with zero attached hydrogens (tertiary/aromatic N) is 2. The minimum Gasteiger partial charge on any atom is -0.380 e. The number of carbonyl (C=O) groups excluding carboxylic acids is 1. The Morgan fingerprint density at radius 3 is 2.63 bits per heavy atom. The zero-order chi connectivity index (χ0) is 24.6. The number of benzene rings is 1. The minimum absolute atomic E-state index is 0.00978. The Morgan fingerprint density at radius 1 is 1.14 bits per heavy atom. The number of amides is 1. The summed E-state index contributed by atoms with van der Waals surface area (Å²) < 4.78 is 47.8. The van der Waals surface area contributed by atoms with E-state index in [4.69, 9.17) is 4.74 Å². The largest absolute Gasteiger partial charge is 0.410 e. The molecular formula is C24H31F3N6O2. The number of hydrogen-bond acceptors (Lipinski definition) is 7. The molecule has 1 amide bonds. The van der Waals surface area contributed by atoms with Gasteiger partial charge in [0.2, 0.25) is 5.91 Å². The zero-order valence-corrected chi connectivity index (χ0v) is 19.4. The molecule has 4 aliphatic rings. The Kier molecular flexibility index (Phi) is 6.65. The van der Waals surface area contributed by atoms with Gasteiger partial charge in [0, 0.05) is 24.9 Å². The molecule has 4 heterocycles. The molecule has 8 nitrogen and oxygen atoms in total. The third-order valence-electron chi connectivity index (χ3n) is 7.90. The number of carbonyl (C=O) groups is 1. The van der Waals surface area contributed by atoms with Crippen molar-refractivity contribution in [1.29, 1.82) is 5.26 Å². The lowest BCUT2D eigenvalue weighted by Gasteiger charge is -2.40. The first kappa shape index (κ1) is 24.3. The third kappa shape index (κ3) is 4.37. The molecule has 0 aliphatic carbocycles. The molecule has 0 saturated carbocycles. The predicted molar refractivity (Wildman–Crippen MR) is 122 cm³/mol. The van der Waals surface area contributed by atoms with E-state index in [2.05, 4.69) is 27.4 Å². The second kappa shape index (κ2) is 9.58. The lowest BCUT2D eigenvalue weighted by atomic mass is 9.81. The molecule has 0 bridgehead atoms. The van der Waals surface area contributed by atoms with Gasteiger partial charge in [-0.1, -0.05) is 12.1 Å². The Morgan fingerprint density at radius 2 is 1.94 bits per heavy atom. The van der Waals surface area contributed by atoms with Gasteiger partial charge in [-0.2, -0.15) is 18.4 Å². The number of fused-ring (bicyclic) bond motifs is 1. The van der Waals surface area contributed by atoms with E-state index < -0.39 is 23.8 Å². The summed E-state index contributed by atoms with van der Waals surface area (Å²) in [4.78, 5) is 12.8. The van der Waals surface area contributed by atoms with E-state index in [0.29, 0.717) is 44.8 Å². The molecule has 11 heteroatoms. The smallest absolute Gasteiger partial charge is 0.380 e. The fourth-order valence-corrected chi connectivity index (χ4v) is 6.04. The summed E-state index contributed by atoms with van der Waals surface area (Å²) in [6.07, 6.45) is -2.24. The van der Waals surface area contributed by atoms with Crippen molar-refractivity contribution in [3.63, 3.8) is 0 Å². The number of piperidine rings is 2. The lowest BCUT2D eigenvalue weighted by Crippen LogP contribution is -2.56. The molecule has 4 unspecified atom stereocenters. The maximum atomic E-state index is 14.0. The van der Waals surface area contributed by atoms with Gasteiger partial charge in [0.05, 0.1) is 30.6 Å². The van der Waals surface area contributed by atoms with Crippen molar-refractivity contribution in [2.75, 3.05) is 31.6 Å². The molecule has 4 saturated heterocycles. The van der Waals surface area contributed by atoms with Crippen molar-refractivity contribution in [2.24, 2.45) is 11.8 Å². The molecular weight excluding hydrogens is 461 g/mol. The molecule has 35 heavy (non-hydrogen) atoms. The normalized spacial score (nSPS) is 36.2. The molecule has 6 atom stereocenters. The second-order valence-corrected chi connectivity index (χ2v) is 9.86. The number of nitriles is 1. The van der Waals surface area contributed by atoms with Crippen LogP contribution in [0.15, 0.2) is 24.3 Å². The van der Waals surface area contributed by atoms with Crippen molar-refractivity contribution in [3.05, 3.63) is 29.8 Å². The summed E-state index contributed by atoms with van der Waals surface area (Å²) in [6.45, 7) is 1.83. The fraction of sp³-hybridized carbons (Fsp3) is 0.667. The van der Waals surface area contributed by atoms with Crippen LogP contribution < -0.4 is 21.4 Å². The minimum atomic E-state index is -4.40. The Bertz CT molecular complexity index is 959. The molecule has 4 fully saturated rings. The van der Waals surface area contributed by atoms with Gasteiger partial charge in [-0.15, -0.1) is 0 Å². The summed E-state index contributed by atoms with van der Waals surface area (Å²) in [6, 6.07) is 8.40. The molecule has 0 spiro atoms. The Balaban J connectivity index is 1.36. The van der Waals surface area contributed by atoms with E-state index in [0.717, 1.165) is 12.8 Å². The van der Waals surface area contributed by atoms with E-state index in [9.17, 15) is 23.2 Å². The first-order valence-corrected chi connectivity index (χ1v) is 12.3. The number of alkyl halides is 3. The van der Waals surface area contributed by atoms with E-state index in [1.54, 1.807) is 12.1 Å². The molecule has 4 aliphatic heterocycles. The van der Waals surface area contributed by atoms with Gasteiger partial charge in [0.15, 0.2) is 0 Å². The van der Waals surface area contributed by atoms with Crippen molar-refractivity contribution >= 4 is 11.6 Å². The predicted octanol–water partition coefficient (Wildman–Crippen LogP) is 2.21. The monoisotopic (exact) mass is 492 g/mol. The molecule has 1 aromatic carbocycles. The second-order valence-electron chi connectivity index (χ2n) is 9.86. The fourth-order valence-electron chi connectivity index (χ4n) is 6.04. The Hall–Kier alpha value is -2.39. The van der Waals surface area contributed by atoms with Gasteiger partial charge in [-0.05, 0) is 56.3 Å². The maximum absolute atomic E-state index is 14.0. The van der Waals surface area contributed by atoms with Crippen molar-refractivity contribution in [3.8, 4) is 6.07 Å². The van der Waals surface area contributed by atoms with Gasteiger partial charge < -0.3 is 15.4 Å². The summed E-state index contributed by atoms with van der Waals surface area (Å²) in [7, 11) is 0. The summed E-state index contributed by atoms with van der Waals surface area (Å²) in [5, 5.41) is 20.6. The first-order chi connectivity index (χ1) is 16.8. The van der Waals surface area contributed by atoms with Crippen LogP contribution in [0, 0.1) is 23.2 Å². The molecule has 0 radical (unpaired) electrons. The lowest BCUT2D eigenvalue weighted by molar-refractivity contribution is -0.207. The average molecular weight is 493 g/mol. The quantitative estimate of drug-likeness (QED) is 0.511. The number of ether oxygens (including phenoxy) is 1. The summed E-state index contributed by atoms with van der Waals surface area (Å²) in [5.74, 6) is -0.703. The van der Waals surface area contributed by atoms with Crippen LogP contribution in [-0.2, 0) is 15.1 Å². The van der Waals surface area contributed by atoms with Crippen molar-refractivity contribution < 1.29 is 22.7 Å². The summed E-state index contributed by atoms with van der Waals surface area (Å²) in [5.41, 5.74) is 2.18. The van der Waals surface area contributed by atoms with Crippen LogP contribution in [0.3, 0.4) is 0 Å². The SMILES string of the molecule is N#C[C@H]1CCOC[C@@H]1N1NC(Nc2ccc(C3(C(F)(F)F)CCCCN3)cc2)C2C(=O)NCCC21. The highest BCUT2D eigenvalue weighted by atomic mass is 19.4. The highest BCUT2D eigenvalue weighted by molar-refractivity contribution is 5.82. The number of nitrogens with one attached hydrogen (secondary N) is 4. The highest BCUT2D eigenvalue weighted by Gasteiger charge is 2.56. The highest BCUT2D eigenvalue weighted by Crippen LogP contribution is 2.44. The molecule has 190 valence electrons. The third-order valence-corrected chi connectivity index (χ3v) is 7.90. The van der Waals surface area contributed by atoms with Crippen LogP contribution in [0.1, 0.15) is 37.7 Å². The van der Waals surface area contributed by atoms with Gasteiger partial charge in [0.1, 0.15) is 11.7 Å². The van der Waals surface area contributed by atoms with Crippen LogP contribution in [0.4, 0.5) is 18.9 Å².